The summed E-state index contributed by atoms with van der Waals surface area (Å²) in [6.07, 6.45) is 8.13. The topological polar surface area (TPSA) is 101 Å². The first-order valence-electron chi connectivity index (χ1n) is 10.3. The molecule has 1 aliphatic carbocycles. The lowest BCUT2D eigenvalue weighted by atomic mass is 9.92. The monoisotopic (exact) mass is 432 g/mol. The fraction of sp³-hybridized carbons (Fsp3) is 0.476. The molecule has 0 radical (unpaired) electrons. The number of benzene rings is 1. The van der Waals surface area contributed by atoms with Crippen molar-refractivity contribution in [2.24, 2.45) is 0 Å². The highest BCUT2D eigenvalue weighted by Crippen LogP contribution is 2.23. The minimum Gasteiger partial charge on any atom is -0.473 e. The van der Waals surface area contributed by atoms with Crippen LogP contribution in [0.15, 0.2) is 47.8 Å². The van der Waals surface area contributed by atoms with Gasteiger partial charge in [-0.2, -0.15) is 4.31 Å². The molecule has 1 aromatic carbocycles. The quantitative estimate of drug-likeness (QED) is 0.688. The van der Waals surface area contributed by atoms with Gasteiger partial charge in [-0.25, -0.2) is 13.4 Å². The maximum absolute atomic E-state index is 12.6. The average molecular weight is 433 g/mol. The van der Waals surface area contributed by atoms with Crippen LogP contribution in [-0.4, -0.2) is 53.8 Å². The Labute approximate surface area is 177 Å². The highest BCUT2D eigenvalue weighted by Gasteiger charge is 2.25. The molecule has 1 amide bonds. The van der Waals surface area contributed by atoms with Crippen LogP contribution >= 0.6 is 0 Å². The minimum atomic E-state index is -3.52. The number of aromatic nitrogens is 2. The molecule has 0 saturated heterocycles. The third-order valence-corrected chi connectivity index (χ3v) is 7.36. The molecule has 8 nitrogen and oxygen atoms in total. The normalized spacial score (nSPS) is 19.4. The highest BCUT2D eigenvalue weighted by molar-refractivity contribution is 7.89. The van der Waals surface area contributed by atoms with E-state index in [9.17, 15) is 13.2 Å². The highest BCUT2D eigenvalue weighted by atomic mass is 32.2. The second-order valence-electron chi connectivity index (χ2n) is 7.22. The van der Waals surface area contributed by atoms with Crippen LogP contribution < -0.4 is 10.1 Å². The summed E-state index contributed by atoms with van der Waals surface area (Å²) in [6, 6.07) is 6.18. The lowest BCUT2D eigenvalue weighted by molar-refractivity contribution is 0.0889. The molecule has 1 fully saturated rings. The van der Waals surface area contributed by atoms with Gasteiger partial charge in [0.05, 0.1) is 11.1 Å². The van der Waals surface area contributed by atoms with Crippen molar-refractivity contribution in [1.29, 1.82) is 0 Å². The van der Waals surface area contributed by atoms with E-state index >= 15 is 0 Å². The largest absolute Gasteiger partial charge is 0.473 e. The summed E-state index contributed by atoms with van der Waals surface area (Å²) in [7, 11) is -3.52. The van der Waals surface area contributed by atoms with Crippen LogP contribution in [0, 0.1) is 0 Å². The van der Waals surface area contributed by atoms with Gasteiger partial charge in [-0.3, -0.25) is 9.78 Å². The Morgan fingerprint density at radius 1 is 1.10 bits per heavy atom. The van der Waals surface area contributed by atoms with Gasteiger partial charge in [0.2, 0.25) is 15.9 Å². The summed E-state index contributed by atoms with van der Waals surface area (Å²) < 4.78 is 32.3. The van der Waals surface area contributed by atoms with Crippen molar-refractivity contribution in [3.63, 3.8) is 0 Å². The van der Waals surface area contributed by atoms with Crippen LogP contribution in [0.1, 0.15) is 49.9 Å². The molecule has 9 heteroatoms. The summed E-state index contributed by atoms with van der Waals surface area (Å²) in [5.41, 5.74) is 0.450. The second kappa shape index (κ2) is 9.99. The van der Waals surface area contributed by atoms with Crippen molar-refractivity contribution in [2.75, 3.05) is 13.1 Å². The van der Waals surface area contributed by atoms with E-state index in [2.05, 4.69) is 15.3 Å². The Hall–Kier alpha value is -2.52. The number of carbonyl (C=O) groups is 1. The molecule has 0 spiro atoms. The lowest BCUT2D eigenvalue weighted by Gasteiger charge is -2.29. The van der Waals surface area contributed by atoms with Gasteiger partial charge in [0.1, 0.15) is 6.10 Å². The number of sulfonamides is 1. The predicted octanol–water partition coefficient (Wildman–Crippen LogP) is 2.63. The third kappa shape index (κ3) is 5.34. The molecule has 0 unspecified atom stereocenters. The number of amides is 1. The second-order valence-corrected chi connectivity index (χ2v) is 9.16. The number of hydrogen-bond acceptors (Lipinski definition) is 6. The fourth-order valence-electron chi connectivity index (χ4n) is 3.60. The Morgan fingerprint density at radius 2 is 1.77 bits per heavy atom. The summed E-state index contributed by atoms with van der Waals surface area (Å²) in [6.45, 7) is 4.42. The van der Waals surface area contributed by atoms with Gasteiger partial charge in [0.25, 0.3) is 5.91 Å². The Kier molecular flexibility index (Phi) is 7.38. The van der Waals surface area contributed by atoms with E-state index < -0.39 is 10.0 Å². The summed E-state index contributed by atoms with van der Waals surface area (Å²) in [5.74, 6) is 0.324. The molecular weight excluding hydrogens is 404 g/mol. The minimum absolute atomic E-state index is 0.0679. The third-order valence-electron chi connectivity index (χ3n) is 5.30. The first-order chi connectivity index (χ1) is 14.4. The molecule has 0 bridgehead atoms. The van der Waals surface area contributed by atoms with E-state index in [1.165, 1.54) is 16.4 Å². The van der Waals surface area contributed by atoms with Gasteiger partial charge < -0.3 is 10.1 Å². The molecule has 1 N–H and O–H groups in total. The van der Waals surface area contributed by atoms with Crippen molar-refractivity contribution >= 4 is 15.9 Å². The molecule has 1 heterocycles. The standard InChI is InChI=1S/C21H28N4O4S/c1-3-25(4-2)30(27,28)19-11-5-16(6-12-19)21(26)24-17-7-9-18(10-8-17)29-20-15-22-13-14-23-20/h5-6,11-15,17-18H,3-4,7-10H2,1-2H3,(H,24,26). The van der Waals surface area contributed by atoms with Crippen LogP contribution in [0.25, 0.3) is 0 Å². The zero-order valence-electron chi connectivity index (χ0n) is 17.3. The van der Waals surface area contributed by atoms with E-state index in [0.29, 0.717) is 24.5 Å². The van der Waals surface area contributed by atoms with Gasteiger partial charge in [0.15, 0.2) is 0 Å². The van der Waals surface area contributed by atoms with Crippen LogP contribution in [0.4, 0.5) is 0 Å². The van der Waals surface area contributed by atoms with Crippen LogP contribution in [-0.2, 0) is 10.0 Å². The van der Waals surface area contributed by atoms with Crippen molar-refractivity contribution in [1.82, 2.24) is 19.6 Å². The Morgan fingerprint density at radius 3 is 2.33 bits per heavy atom. The number of carbonyl (C=O) groups excluding carboxylic acids is 1. The predicted molar refractivity (Wildman–Crippen MR) is 113 cm³/mol. The maximum atomic E-state index is 12.6. The molecule has 0 atom stereocenters. The number of nitrogens with zero attached hydrogens (tertiary/aromatic N) is 3. The van der Waals surface area contributed by atoms with Crippen molar-refractivity contribution in [3.8, 4) is 5.88 Å². The molecule has 162 valence electrons. The summed E-state index contributed by atoms with van der Waals surface area (Å²) >= 11 is 0. The Balaban J connectivity index is 1.53. The van der Waals surface area contributed by atoms with Crippen molar-refractivity contribution < 1.29 is 17.9 Å². The smallest absolute Gasteiger partial charge is 0.251 e. The average Bonchev–Trinajstić information content (AvgIpc) is 2.76. The fourth-order valence-corrected chi connectivity index (χ4v) is 5.06. The molecule has 3 rings (SSSR count). The lowest BCUT2D eigenvalue weighted by Crippen LogP contribution is -2.39. The molecule has 1 aromatic heterocycles. The Bertz CT molecular complexity index is 923. The first kappa shape index (κ1) is 22.2. The zero-order chi connectivity index (χ0) is 21.6. The number of rotatable bonds is 8. The van der Waals surface area contributed by atoms with E-state index in [1.54, 1.807) is 44.6 Å². The molecule has 1 saturated carbocycles. The van der Waals surface area contributed by atoms with E-state index in [1.807, 2.05) is 0 Å². The van der Waals surface area contributed by atoms with Crippen molar-refractivity contribution in [2.45, 2.75) is 56.6 Å². The van der Waals surface area contributed by atoms with Gasteiger partial charge in [-0.05, 0) is 49.9 Å². The molecule has 30 heavy (non-hydrogen) atoms. The maximum Gasteiger partial charge on any atom is 0.251 e. The molecule has 1 aliphatic rings. The first-order valence-corrected chi connectivity index (χ1v) is 11.7. The van der Waals surface area contributed by atoms with Crippen molar-refractivity contribution in [3.05, 3.63) is 48.4 Å². The molecule has 0 aliphatic heterocycles. The number of nitrogens with one attached hydrogen (secondary N) is 1. The van der Waals surface area contributed by atoms with Crippen LogP contribution in [0.3, 0.4) is 0 Å². The number of hydrogen-bond donors (Lipinski definition) is 1. The summed E-state index contributed by atoms with van der Waals surface area (Å²) in [5, 5.41) is 3.04. The van der Waals surface area contributed by atoms with E-state index in [4.69, 9.17) is 4.74 Å². The van der Waals surface area contributed by atoms with Gasteiger partial charge in [0, 0.05) is 37.1 Å². The van der Waals surface area contributed by atoms with Gasteiger partial charge in [-0.1, -0.05) is 13.8 Å². The molecule has 2 aromatic rings. The molecular formula is C21H28N4O4S. The van der Waals surface area contributed by atoms with Crippen LogP contribution in [0.2, 0.25) is 0 Å². The van der Waals surface area contributed by atoms with E-state index in [0.717, 1.165) is 25.7 Å². The van der Waals surface area contributed by atoms with E-state index in [-0.39, 0.29) is 22.9 Å². The SMILES string of the molecule is CCN(CC)S(=O)(=O)c1ccc(C(=O)NC2CCC(Oc3cnccn3)CC2)cc1. The summed E-state index contributed by atoms with van der Waals surface area (Å²) in [4.78, 5) is 20.9. The van der Waals surface area contributed by atoms with Gasteiger partial charge >= 0.3 is 0 Å². The number of ether oxygens (including phenoxy) is 1. The zero-order valence-corrected chi connectivity index (χ0v) is 18.1. The van der Waals surface area contributed by atoms with Gasteiger partial charge in [-0.15, -0.1) is 0 Å². The van der Waals surface area contributed by atoms with Crippen LogP contribution in [0.5, 0.6) is 5.88 Å².